The third-order valence-corrected chi connectivity index (χ3v) is 3.40. The fraction of sp³-hybridized carbons (Fsp3) is 1.00. The number of hydrogen-bond acceptors (Lipinski definition) is 3. The van der Waals surface area contributed by atoms with Gasteiger partial charge in [-0.3, -0.25) is 0 Å². The minimum absolute atomic E-state index is 0.361. The maximum Gasteiger partial charge on any atom is 0.0203 e. The molecule has 3 heteroatoms. The Balaban J connectivity index is 3.64. The molecule has 0 radical (unpaired) electrons. The van der Waals surface area contributed by atoms with Gasteiger partial charge in [-0.2, -0.15) is 11.8 Å². The lowest BCUT2D eigenvalue weighted by atomic mass is 9.88. The second kappa shape index (κ2) is 6.70. The summed E-state index contributed by atoms with van der Waals surface area (Å²) in [5.74, 6) is 2.43. The molecule has 2 nitrogen and oxygen atoms in total. The van der Waals surface area contributed by atoms with Crippen molar-refractivity contribution in [2.24, 2.45) is 5.41 Å². The van der Waals surface area contributed by atoms with E-state index in [1.54, 1.807) is 0 Å². The Morgan fingerprint density at radius 3 is 2.21 bits per heavy atom. The molecule has 0 aliphatic heterocycles. The van der Waals surface area contributed by atoms with Gasteiger partial charge in [0.25, 0.3) is 0 Å². The van der Waals surface area contributed by atoms with Gasteiger partial charge >= 0.3 is 0 Å². The van der Waals surface area contributed by atoms with Crippen molar-refractivity contribution in [3.05, 3.63) is 0 Å². The summed E-state index contributed by atoms with van der Waals surface area (Å²) in [6.07, 6.45) is 0. The van der Waals surface area contributed by atoms with Crippen LogP contribution in [0.2, 0.25) is 0 Å². The van der Waals surface area contributed by atoms with Crippen molar-refractivity contribution in [1.29, 1.82) is 0 Å². The minimum atomic E-state index is 0.361. The van der Waals surface area contributed by atoms with E-state index in [2.05, 4.69) is 52.1 Å². The molecule has 1 N–H and O–H groups in total. The third-order valence-electron chi connectivity index (χ3n) is 2.36. The Hall–Kier alpha value is 0.270. The predicted molar refractivity (Wildman–Crippen MR) is 68.2 cm³/mol. The summed E-state index contributed by atoms with van der Waals surface area (Å²) in [6, 6.07) is 0.606. The first kappa shape index (κ1) is 14.3. The lowest BCUT2D eigenvalue weighted by Gasteiger charge is -2.30. The molecule has 0 heterocycles. The Morgan fingerprint density at radius 2 is 1.86 bits per heavy atom. The summed E-state index contributed by atoms with van der Waals surface area (Å²) in [4.78, 5) is 2.23. The zero-order chi connectivity index (χ0) is 11.2. The van der Waals surface area contributed by atoms with Crippen LogP contribution in [0.25, 0.3) is 0 Å². The summed E-state index contributed by atoms with van der Waals surface area (Å²) in [6.45, 7) is 8.05. The molecule has 0 aromatic heterocycles. The molecule has 0 spiro atoms. The van der Waals surface area contributed by atoms with Crippen molar-refractivity contribution in [2.75, 3.05) is 39.2 Å². The SMILES string of the molecule is CNC(CSCCN(C)C)C(C)(C)C. The molecule has 1 unspecified atom stereocenters. The van der Waals surface area contributed by atoms with Crippen LogP contribution in [0.3, 0.4) is 0 Å². The van der Waals surface area contributed by atoms with Gasteiger partial charge in [0, 0.05) is 24.1 Å². The molecule has 0 rings (SSSR count). The molecule has 0 bridgehead atoms. The summed E-state index contributed by atoms with van der Waals surface area (Å²) in [7, 11) is 6.31. The van der Waals surface area contributed by atoms with E-state index < -0.39 is 0 Å². The summed E-state index contributed by atoms with van der Waals surface area (Å²) >= 11 is 2.04. The molecule has 0 amide bonds. The largest absolute Gasteiger partial charge is 0.316 e. The predicted octanol–water partition coefficient (Wildman–Crippen LogP) is 1.92. The van der Waals surface area contributed by atoms with E-state index in [4.69, 9.17) is 0 Å². The number of hydrogen-bond donors (Lipinski definition) is 1. The zero-order valence-electron chi connectivity index (χ0n) is 10.6. The minimum Gasteiger partial charge on any atom is -0.316 e. The van der Waals surface area contributed by atoms with Crippen LogP contribution in [0.15, 0.2) is 0 Å². The fourth-order valence-corrected chi connectivity index (χ4v) is 2.78. The van der Waals surface area contributed by atoms with E-state index in [0.717, 1.165) is 0 Å². The standard InChI is InChI=1S/C11H26N2S/c1-11(2,3)10(12-4)9-14-8-7-13(5)6/h10,12H,7-9H2,1-6H3. The number of nitrogens with one attached hydrogen (secondary N) is 1. The summed E-state index contributed by atoms with van der Waals surface area (Å²) < 4.78 is 0. The molecule has 0 saturated carbocycles. The number of thioether (sulfide) groups is 1. The Labute approximate surface area is 93.8 Å². The maximum atomic E-state index is 3.40. The van der Waals surface area contributed by atoms with Gasteiger partial charge in [0.2, 0.25) is 0 Å². The van der Waals surface area contributed by atoms with Crippen LogP contribution >= 0.6 is 11.8 Å². The van der Waals surface area contributed by atoms with E-state index in [-0.39, 0.29) is 0 Å². The molecular weight excluding hydrogens is 192 g/mol. The van der Waals surface area contributed by atoms with Crippen LogP contribution in [-0.2, 0) is 0 Å². The maximum absolute atomic E-state index is 3.40. The summed E-state index contributed by atoms with van der Waals surface area (Å²) in [5, 5.41) is 3.40. The average Bonchev–Trinajstić information content (AvgIpc) is 2.01. The van der Waals surface area contributed by atoms with Crippen molar-refractivity contribution in [3.8, 4) is 0 Å². The molecule has 0 saturated heterocycles. The molecule has 0 aromatic rings. The fourth-order valence-electron chi connectivity index (χ4n) is 1.21. The highest BCUT2D eigenvalue weighted by Gasteiger charge is 2.22. The zero-order valence-corrected chi connectivity index (χ0v) is 11.4. The monoisotopic (exact) mass is 218 g/mol. The van der Waals surface area contributed by atoms with Gasteiger partial charge in [-0.25, -0.2) is 0 Å². The van der Waals surface area contributed by atoms with Gasteiger partial charge in [0.15, 0.2) is 0 Å². The number of nitrogens with zero attached hydrogens (tertiary/aromatic N) is 1. The molecule has 0 aromatic carbocycles. The van der Waals surface area contributed by atoms with Crippen LogP contribution in [0.5, 0.6) is 0 Å². The van der Waals surface area contributed by atoms with Gasteiger partial charge in [-0.1, -0.05) is 20.8 Å². The Kier molecular flexibility index (Phi) is 6.83. The van der Waals surface area contributed by atoms with Crippen LogP contribution < -0.4 is 5.32 Å². The molecule has 14 heavy (non-hydrogen) atoms. The first-order chi connectivity index (χ1) is 6.38. The molecule has 0 fully saturated rings. The first-order valence-corrected chi connectivity index (χ1v) is 6.43. The highest BCUT2D eigenvalue weighted by atomic mass is 32.2. The van der Waals surface area contributed by atoms with Crippen LogP contribution in [0.4, 0.5) is 0 Å². The van der Waals surface area contributed by atoms with Gasteiger partial charge < -0.3 is 10.2 Å². The van der Waals surface area contributed by atoms with Crippen molar-refractivity contribution in [1.82, 2.24) is 10.2 Å². The molecule has 1 atom stereocenters. The third kappa shape index (κ3) is 6.68. The normalized spacial score (nSPS) is 14.8. The summed E-state index contributed by atoms with van der Waals surface area (Å²) in [5.41, 5.74) is 0.361. The van der Waals surface area contributed by atoms with E-state index in [9.17, 15) is 0 Å². The Bertz CT molecular complexity index is 141. The highest BCUT2D eigenvalue weighted by Crippen LogP contribution is 2.22. The van der Waals surface area contributed by atoms with Crippen LogP contribution in [0, 0.1) is 5.41 Å². The van der Waals surface area contributed by atoms with E-state index >= 15 is 0 Å². The van der Waals surface area contributed by atoms with Gasteiger partial charge in [0.1, 0.15) is 0 Å². The molecule has 86 valence electrons. The number of rotatable bonds is 6. The van der Waals surface area contributed by atoms with Crippen molar-refractivity contribution < 1.29 is 0 Å². The lowest BCUT2D eigenvalue weighted by molar-refractivity contribution is 0.305. The van der Waals surface area contributed by atoms with Gasteiger partial charge in [-0.15, -0.1) is 0 Å². The lowest BCUT2D eigenvalue weighted by Crippen LogP contribution is -2.40. The van der Waals surface area contributed by atoms with Crippen LogP contribution in [-0.4, -0.2) is 50.1 Å². The Morgan fingerprint density at radius 1 is 1.29 bits per heavy atom. The molecular formula is C11H26N2S. The smallest absolute Gasteiger partial charge is 0.0203 e. The average molecular weight is 218 g/mol. The van der Waals surface area contributed by atoms with Crippen molar-refractivity contribution in [2.45, 2.75) is 26.8 Å². The van der Waals surface area contributed by atoms with Gasteiger partial charge in [0.05, 0.1) is 0 Å². The van der Waals surface area contributed by atoms with Crippen molar-refractivity contribution >= 4 is 11.8 Å². The molecule has 0 aliphatic carbocycles. The van der Waals surface area contributed by atoms with E-state index in [1.807, 2.05) is 11.8 Å². The van der Waals surface area contributed by atoms with Crippen molar-refractivity contribution in [3.63, 3.8) is 0 Å². The second-order valence-corrected chi connectivity index (χ2v) is 6.24. The van der Waals surface area contributed by atoms with E-state index in [0.29, 0.717) is 11.5 Å². The quantitative estimate of drug-likeness (QED) is 0.686. The highest BCUT2D eigenvalue weighted by molar-refractivity contribution is 7.99. The van der Waals surface area contributed by atoms with E-state index in [1.165, 1.54) is 18.1 Å². The first-order valence-electron chi connectivity index (χ1n) is 5.27. The topological polar surface area (TPSA) is 15.3 Å². The molecule has 0 aliphatic rings. The second-order valence-electron chi connectivity index (χ2n) is 5.09. The van der Waals surface area contributed by atoms with Crippen LogP contribution in [0.1, 0.15) is 20.8 Å². The van der Waals surface area contributed by atoms with Gasteiger partial charge in [-0.05, 0) is 26.6 Å².